The average molecular weight is 561 g/mol. The molecule has 0 unspecified atom stereocenters. The molecule has 0 atom stereocenters. The van der Waals surface area contributed by atoms with E-state index in [1.807, 2.05) is 54.6 Å². The Labute approximate surface area is 235 Å². The van der Waals surface area contributed by atoms with Crippen LogP contribution >= 0.6 is 0 Å². The van der Waals surface area contributed by atoms with Crippen LogP contribution in [0.1, 0.15) is 25.7 Å². The van der Waals surface area contributed by atoms with Crippen molar-refractivity contribution >= 4 is 49.4 Å². The van der Waals surface area contributed by atoms with Crippen molar-refractivity contribution in [3.63, 3.8) is 0 Å². The molecule has 40 heavy (non-hydrogen) atoms. The highest BCUT2D eigenvalue weighted by atomic mass is 32.2. The Balaban J connectivity index is 1.15. The first-order valence-corrected chi connectivity index (χ1v) is 15.2. The molecule has 0 spiro atoms. The molecule has 0 aliphatic heterocycles. The third kappa shape index (κ3) is 6.51. The zero-order valence-electron chi connectivity index (χ0n) is 22.9. The second-order valence-electron chi connectivity index (χ2n) is 10.7. The molecule has 1 aliphatic rings. The highest BCUT2D eigenvalue weighted by molar-refractivity contribution is 7.89. The fraction of sp³-hybridized carbons (Fsp3) is 0.367. The standard InChI is InChI=1S/C30H36N6O3S/c1-36(2)28(37)20-31-29-25-11-5-6-12-26(25)34-30(35-29)32-18-21-14-16-22(17-15-21)19-33-40(38,39)27-13-7-9-23-8-3-4-10-24(23)27/h3-13,21-22,33H,14-20H2,1-2H3,(H2,31,32,34,35). The third-order valence-electron chi connectivity index (χ3n) is 7.63. The molecule has 1 heterocycles. The Kier molecular flexibility index (Phi) is 8.46. The van der Waals surface area contributed by atoms with E-state index in [0.717, 1.165) is 53.9 Å². The molecule has 0 radical (unpaired) electrons. The number of rotatable bonds is 10. The van der Waals surface area contributed by atoms with Crippen LogP contribution in [0, 0.1) is 11.8 Å². The third-order valence-corrected chi connectivity index (χ3v) is 9.11. The first-order valence-electron chi connectivity index (χ1n) is 13.7. The summed E-state index contributed by atoms with van der Waals surface area (Å²) in [5, 5.41) is 9.08. The van der Waals surface area contributed by atoms with Crippen molar-refractivity contribution in [1.82, 2.24) is 19.6 Å². The zero-order valence-corrected chi connectivity index (χ0v) is 23.7. The fourth-order valence-corrected chi connectivity index (χ4v) is 6.56. The molecule has 210 valence electrons. The lowest BCUT2D eigenvalue weighted by Gasteiger charge is -2.28. The van der Waals surface area contributed by atoms with Gasteiger partial charge in [-0.3, -0.25) is 4.79 Å². The molecular weight excluding hydrogens is 524 g/mol. The number of aromatic nitrogens is 2. The van der Waals surface area contributed by atoms with Crippen LogP contribution < -0.4 is 15.4 Å². The number of likely N-dealkylation sites (N-methyl/N-ethyl adjacent to an activating group) is 1. The number of carbonyl (C=O) groups is 1. The number of hydrogen-bond acceptors (Lipinski definition) is 7. The molecule has 1 saturated carbocycles. The van der Waals surface area contributed by atoms with Crippen LogP contribution in [0.4, 0.5) is 11.8 Å². The Hall–Kier alpha value is -3.76. The van der Waals surface area contributed by atoms with E-state index in [2.05, 4.69) is 25.3 Å². The number of benzene rings is 3. The maximum Gasteiger partial charge on any atom is 0.241 e. The summed E-state index contributed by atoms with van der Waals surface area (Å²) in [6.07, 6.45) is 3.93. The monoisotopic (exact) mass is 560 g/mol. The molecule has 3 N–H and O–H groups in total. The summed E-state index contributed by atoms with van der Waals surface area (Å²) in [5.74, 6) is 1.89. The largest absolute Gasteiger partial charge is 0.360 e. The van der Waals surface area contributed by atoms with Gasteiger partial charge in [-0.15, -0.1) is 0 Å². The van der Waals surface area contributed by atoms with E-state index in [0.29, 0.717) is 35.0 Å². The number of fused-ring (bicyclic) bond motifs is 2. The second kappa shape index (κ2) is 12.2. The van der Waals surface area contributed by atoms with Gasteiger partial charge in [-0.25, -0.2) is 18.1 Å². The molecule has 1 aliphatic carbocycles. The van der Waals surface area contributed by atoms with E-state index >= 15 is 0 Å². The van der Waals surface area contributed by atoms with Crippen LogP contribution in [0.25, 0.3) is 21.7 Å². The molecule has 1 fully saturated rings. The minimum atomic E-state index is -3.59. The van der Waals surface area contributed by atoms with Gasteiger partial charge in [0.1, 0.15) is 5.82 Å². The van der Waals surface area contributed by atoms with E-state index in [4.69, 9.17) is 0 Å². The van der Waals surface area contributed by atoms with Crippen LogP contribution in [-0.4, -0.2) is 62.9 Å². The predicted molar refractivity (Wildman–Crippen MR) is 160 cm³/mol. The van der Waals surface area contributed by atoms with Gasteiger partial charge in [0.15, 0.2) is 0 Å². The van der Waals surface area contributed by atoms with E-state index in [9.17, 15) is 13.2 Å². The van der Waals surface area contributed by atoms with Crippen LogP contribution in [0.5, 0.6) is 0 Å². The lowest BCUT2D eigenvalue weighted by atomic mass is 9.82. The van der Waals surface area contributed by atoms with Gasteiger partial charge < -0.3 is 15.5 Å². The summed E-state index contributed by atoms with van der Waals surface area (Å²) in [5.41, 5.74) is 0.807. The van der Waals surface area contributed by atoms with Crippen molar-refractivity contribution in [2.24, 2.45) is 11.8 Å². The van der Waals surface area contributed by atoms with Gasteiger partial charge in [0.2, 0.25) is 21.9 Å². The van der Waals surface area contributed by atoms with Crippen LogP contribution in [0.15, 0.2) is 71.6 Å². The van der Waals surface area contributed by atoms with E-state index in [-0.39, 0.29) is 12.5 Å². The first kappa shape index (κ1) is 27.8. The normalized spacial score (nSPS) is 17.6. The van der Waals surface area contributed by atoms with Crippen LogP contribution in [-0.2, 0) is 14.8 Å². The number of hydrogen-bond donors (Lipinski definition) is 3. The highest BCUT2D eigenvalue weighted by Crippen LogP contribution is 2.30. The molecule has 10 heteroatoms. The minimum absolute atomic E-state index is 0.0339. The quantitative estimate of drug-likeness (QED) is 0.262. The maximum atomic E-state index is 13.1. The number of nitrogens with zero attached hydrogens (tertiary/aromatic N) is 3. The van der Waals surface area contributed by atoms with E-state index in [1.165, 1.54) is 0 Å². The SMILES string of the molecule is CN(C)C(=O)CNc1nc(NCC2CCC(CNS(=O)(=O)c3cccc4ccccc34)CC2)nc2ccccc12. The summed E-state index contributed by atoms with van der Waals surface area (Å²) < 4.78 is 29.0. The summed E-state index contributed by atoms with van der Waals surface area (Å²) in [6.45, 7) is 1.34. The van der Waals surface area contributed by atoms with Crippen LogP contribution in [0.2, 0.25) is 0 Å². The van der Waals surface area contributed by atoms with Crippen molar-refractivity contribution in [1.29, 1.82) is 0 Å². The molecule has 0 saturated heterocycles. The lowest BCUT2D eigenvalue weighted by Crippen LogP contribution is -2.32. The highest BCUT2D eigenvalue weighted by Gasteiger charge is 2.24. The van der Waals surface area contributed by atoms with Gasteiger partial charge in [0.25, 0.3) is 0 Å². The van der Waals surface area contributed by atoms with Crippen molar-refractivity contribution < 1.29 is 13.2 Å². The second-order valence-corrected chi connectivity index (χ2v) is 12.4. The number of sulfonamides is 1. The van der Waals surface area contributed by atoms with Gasteiger partial charge in [-0.1, -0.05) is 48.5 Å². The number of amides is 1. The van der Waals surface area contributed by atoms with Gasteiger partial charge in [-0.05, 0) is 61.1 Å². The Morgan fingerprint density at radius 3 is 2.23 bits per heavy atom. The Morgan fingerprint density at radius 2 is 1.48 bits per heavy atom. The smallest absolute Gasteiger partial charge is 0.241 e. The van der Waals surface area contributed by atoms with Gasteiger partial charge in [-0.2, -0.15) is 4.98 Å². The minimum Gasteiger partial charge on any atom is -0.360 e. The predicted octanol–water partition coefficient (Wildman–Crippen LogP) is 4.48. The summed E-state index contributed by atoms with van der Waals surface area (Å²) >= 11 is 0. The average Bonchev–Trinajstić information content (AvgIpc) is 2.97. The number of para-hydroxylation sites is 1. The zero-order chi connectivity index (χ0) is 28.1. The van der Waals surface area contributed by atoms with Crippen molar-refractivity contribution in [2.75, 3.05) is 44.4 Å². The summed E-state index contributed by atoms with van der Waals surface area (Å²) in [4.78, 5) is 23.3. The topological polar surface area (TPSA) is 116 Å². The number of anilines is 2. The van der Waals surface area contributed by atoms with Crippen LogP contribution in [0.3, 0.4) is 0 Å². The van der Waals surface area contributed by atoms with Crippen molar-refractivity contribution in [3.8, 4) is 0 Å². The lowest BCUT2D eigenvalue weighted by molar-refractivity contribution is -0.126. The van der Waals surface area contributed by atoms with Gasteiger partial charge in [0.05, 0.1) is 17.0 Å². The molecule has 5 rings (SSSR count). The Morgan fingerprint density at radius 1 is 0.825 bits per heavy atom. The fourth-order valence-electron chi connectivity index (χ4n) is 5.22. The summed E-state index contributed by atoms with van der Waals surface area (Å²) in [6, 6.07) is 20.7. The molecule has 1 aromatic heterocycles. The molecule has 3 aromatic carbocycles. The van der Waals surface area contributed by atoms with Gasteiger partial charge >= 0.3 is 0 Å². The molecule has 0 bridgehead atoms. The van der Waals surface area contributed by atoms with Crippen molar-refractivity contribution in [3.05, 3.63) is 66.7 Å². The Bertz CT molecular complexity index is 1590. The van der Waals surface area contributed by atoms with E-state index in [1.54, 1.807) is 31.1 Å². The molecule has 9 nitrogen and oxygen atoms in total. The number of carbonyl (C=O) groups excluding carboxylic acids is 1. The maximum absolute atomic E-state index is 13.1. The first-order chi connectivity index (χ1) is 19.3. The summed E-state index contributed by atoms with van der Waals surface area (Å²) in [7, 11) is -0.140. The van der Waals surface area contributed by atoms with Gasteiger partial charge in [0, 0.05) is 38.0 Å². The molecule has 1 amide bonds. The van der Waals surface area contributed by atoms with Crippen molar-refractivity contribution in [2.45, 2.75) is 30.6 Å². The molecule has 4 aromatic rings. The molecular formula is C30H36N6O3S. The van der Waals surface area contributed by atoms with E-state index < -0.39 is 10.0 Å². The number of nitrogens with one attached hydrogen (secondary N) is 3.